The molecule has 3 aromatic rings. The zero-order valence-corrected chi connectivity index (χ0v) is 55.2. The Balaban J connectivity index is 0.557. The molecule has 0 radical (unpaired) electrons. The van der Waals surface area contributed by atoms with Crippen molar-refractivity contribution in [3.63, 3.8) is 0 Å². The number of amidine groups is 2. The molecular weight excluding hydrogens is 1250 g/mol. The van der Waals surface area contributed by atoms with Gasteiger partial charge in [-0.3, -0.25) is 30.1 Å². The van der Waals surface area contributed by atoms with Crippen LogP contribution in [0.3, 0.4) is 0 Å². The third kappa shape index (κ3) is 25.6. The number of alkyl halides is 2. The molecule has 5 aliphatic rings. The Kier molecular flexibility index (Phi) is 31.9. The molecule has 1 aliphatic carbocycles. The van der Waals surface area contributed by atoms with Gasteiger partial charge in [0.1, 0.15) is 11.7 Å². The van der Waals surface area contributed by atoms with Crippen LogP contribution in [0.25, 0.3) is 0 Å². The number of benzene rings is 2. The lowest BCUT2D eigenvalue weighted by atomic mass is 9.86. The van der Waals surface area contributed by atoms with Crippen LogP contribution < -0.4 is 10.1 Å². The highest BCUT2D eigenvalue weighted by atomic mass is 19.3. The number of likely N-dealkylation sites (tertiary alicyclic amines) is 1. The van der Waals surface area contributed by atoms with Crippen molar-refractivity contribution in [1.29, 1.82) is 10.8 Å². The lowest BCUT2D eigenvalue weighted by molar-refractivity contribution is -0.137. The Morgan fingerprint density at radius 2 is 1.18 bits per heavy atom. The number of piperazine rings is 1. The molecule has 1 saturated carbocycles. The number of carbonyl (C=O) groups is 3. The normalized spacial score (nSPS) is 19.8. The molecule has 4 saturated heterocycles. The number of carbonyl (C=O) groups excluding carboxylic acids is 3. The van der Waals surface area contributed by atoms with E-state index in [-0.39, 0.29) is 81.7 Å². The van der Waals surface area contributed by atoms with Gasteiger partial charge in [-0.1, -0.05) is 35.5 Å². The standard InChI is InChI=1S/C67H100F5N11O12/c1-50(73)83(58-45-56-10-11-57(46-58)82(56)21-14-61(51-7-3-2-4-8-51)75-66(86)52-12-17-67(71,72)18-13-52)65(74)53-47-80(48-53)62(84)15-20-79-24-22-78(23-25-79)19-6-5-9-55-49-81(77-76-55)26-28-88-30-32-90-34-36-92-38-40-94-42-41-93-39-37-91-35-33-89-31-29-87-27-16-63(85)95-64-59(69)43-54(68)44-60(64)70/h2-4,7-8,43-44,49,52-53,56-58,61,73-74H,5-6,9-42,45-48H2,1H3,(H,75,86)/t56?,57?,58?,61-/m0/s1. The summed E-state index contributed by atoms with van der Waals surface area (Å²) in [5, 5.41) is 30.0. The summed E-state index contributed by atoms with van der Waals surface area (Å²) < 4.78 is 118. The number of rotatable bonds is 44. The van der Waals surface area contributed by atoms with Gasteiger partial charge in [0.2, 0.25) is 23.5 Å². The third-order valence-electron chi connectivity index (χ3n) is 18.3. The number of nitrogens with one attached hydrogen (secondary N) is 3. The van der Waals surface area contributed by atoms with Crippen LogP contribution in [0.4, 0.5) is 22.0 Å². The molecule has 3 atom stereocenters. The maximum Gasteiger partial charge on any atom is 0.313 e. The molecule has 23 nitrogen and oxygen atoms in total. The van der Waals surface area contributed by atoms with E-state index < -0.39 is 41.0 Å². The average molecular weight is 1350 g/mol. The molecule has 5 heterocycles. The predicted octanol–water partition coefficient (Wildman–Crippen LogP) is 6.96. The first-order valence-electron chi connectivity index (χ1n) is 34.1. The third-order valence-corrected chi connectivity index (χ3v) is 18.3. The lowest BCUT2D eigenvalue weighted by Gasteiger charge is -2.48. The Morgan fingerprint density at radius 1 is 0.653 bits per heavy atom. The number of halogens is 5. The SMILES string of the molecule is CC(=N)N(C(=N)C1CN(C(=O)CCN2CCN(CCCCc3cn(CCOCCOCCOCCOCCOCCOCCOCCOCCC(=O)Oc4c(F)cc(F)cc4F)nn3)CC2)C1)C1CC2CCC(C1)N2CC[C@H](NC(=O)C1CCC(F)(F)CC1)c1ccccc1. The second-order valence-corrected chi connectivity index (χ2v) is 25.2. The second kappa shape index (κ2) is 40.3. The van der Waals surface area contributed by atoms with Crippen LogP contribution in [0, 0.1) is 40.1 Å². The number of aromatic nitrogens is 3. The number of hydrogen-bond donors (Lipinski definition) is 3. The van der Waals surface area contributed by atoms with E-state index in [1.54, 1.807) is 6.92 Å². The molecule has 0 spiro atoms. The van der Waals surface area contributed by atoms with Gasteiger partial charge in [0.05, 0.1) is 142 Å². The zero-order chi connectivity index (χ0) is 67.2. The number of esters is 1. The van der Waals surface area contributed by atoms with Gasteiger partial charge in [0, 0.05) is 114 Å². The van der Waals surface area contributed by atoms with Crippen LogP contribution in [-0.2, 0) is 65.2 Å². The smallest absolute Gasteiger partial charge is 0.313 e. The fourth-order valence-electron chi connectivity index (χ4n) is 13.0. The molecule has 28 heteroatoms. The molecule has 4 aliphatic heterocycles. The minimum Gasteiger partial charge on any atom is -0.420 e. The maximum absolute atomic E-state index is 13.9. The Labute approximate surface area is 555 Å². The highest BCUT2D eigenvalue weighted by Crippen LogP contribution is 2.40. The van der Waals surface area contributed by atoms with E-state index in [2.05, 4.69) is 35.1 Å². The van der Waals surface area contributed by atoms with Crippen molar-refractivity contribution in [2.75, 3.05) is 165 Å². The lowest BCUT2D eigenvalue weighted by Crippen LogP contribution is -2.60. The number of amides is 2. The maximum atomic E-state index is 13.9. The highest BCUT2D eigenvalue weighted by molar-refractivity contribution is 5.99. The summed E-state index contributed by atoms with van der Waals surface area (Å²) >= 11 is 0. The van der Waals surface area contributed by atoms with Crippen molar-refractivity contribution >= 4 is 29.5 Å². The molecule has 530 valence electrons. The molecule has 2 unspecified atom stereocenters. The predicted molar refractivity (Wildman–Crippen MR) is 342 cm³/mol. The Bertz CT molecular complexity index is 2760. The van der Waals surface area contributed by atoms with Crippen molar-refractivity contribution in [3.8, 4) is 5.75 Å². The van der Waals surface area contributed by atoms with Crippen LogP contribution in [-0.4, -0.2) is 258 Å². The van der Waals surface area contributed by atoms with Gasteiger partial charge < -0.3 is 67.5 Å². The molecule has 8 rings (SSSR count). The summed E-state index contributed by atoms with van der Waals surface area (Å²) in [4.78, 5) is 49.8. The fraction of sp³-hybridized carbons (Fsp3) is 0.716. The van der Waals surface area contributed by atoms with E-state index in [0.29, 0.717) is 154 Å². The topological polar surface area (TPSA) is 241 Å². The fourth-order valence-corrected chi connectivity index (χ4v) is 13.0. The quantitative estimate of drug-likeness (QED) is 0.0129. The molecule has 3 N–H and O–H groups in total. The van der Waals surface area contributed by atoms with Crippen LogP contribution in [0.5, 0.6) is 5.75 Å². The monoisotopic (exact) mass is 1350 g/mol. The average Bonchev–Trinajstić information content (AvgIpc) is 1.74. The second-order valence-electron chi connectivity index (χ2n) is 25.2. The summed E-state index contributed by atoms with van der Waals surface area (Å²) in [5.41, 5.74) is 1.99. The number of aryl methyl sites for hydroxylation is 1. The van der Waals surface area contributed by atoms with E-state index in [9.17, 15) is 41.7 Å². The van der Waals surface area contributed by atoms with Crippen molar-refractivity contribution in [2.24, 2.45) is 11.8 Å². The number of piperidine rings is 1. The van der Waals surface area contributed by atoms with Crippen molar-refractivity contribution in [2.45, 2.75) is 133 Å². The highest BCUT2D eigenvalue weighted by Gasteiger charge is 2.46. The Hall–Kier alpha value is -5.66. The zero-order valence-electron chi connectivity index (χ0n) is 55.2. The summed E-state index contributed by atoms with van der Waals surface area (Å²) in [6, 6.07) is 11.2. The van der Waals surface area contributed by atoms with E-state index in [1.807, 2.05) is 51.0 Å². The number of unbranched alkanes of at least 4 members (excludes halogenated alkanes) is 1. The molecule has 2 aromatic carbocycles. The van der Waals surface area contributed by atoms with Gasteiger partial charge in [-0.05, 0) is 83.2 Å². The van der Waals surface area contributed by atoms with Gasteiger partial charge >= 0.3 is 5.97 Å². The molecule has 95 heavy (non-hydrogen) atoms. The van der Waals surface area contributed by atoms with Crippen LogP contribution in [0.1, 0.15) is 108 Å². The van der Waals surface area contributed by atoms with Gasteiger partial charge in [0.25, 0.3) is 0 Å². The first-order valence-corrected chi connectivity index (χ1v) is 34.1. The van der Waals surface area contributed by atoms with Gasteiger partial charge in [-0.2, -0.15) is 0 Å². The number of nitrogens with zero attached hydrogens (tertiary/aromatic N) is 8. The largest absolute Gasteiger partial charge is 0.420 e. The molecule has 2 bridgehead atoms. The molecular formula is C67H100F5N11O12. The van der Waals surface area contributed by atoms with Crippen molar-refractivity contribution in [3.05, 3.63) is 77.4 Å². The summed E-state index contributed by atoms with van der Waals surface area (Å²) in [5.74, 6) is -7.96. The van der Waals surface area contributed by atoms with Crippen LogP contribution in [0.15, 0.2) is 48.7 Å². The van der Waals surface area contributed by atoms with Crippen LogP contribution >= 0.6 is 0 Å². The molecule has 1 aromatic heterocycles. The summed E-state index contributed by atoms with van der Waals surface area (Å²) in [6.45, 7) is 15.6. The van der Waals surface area contributed by atoms with Gasteiger partial charge in [-0.15, -0.1) is 5.10 Å². The van der Waals surface area contributed by atoms with E-state index >= 15 is 0 Å². The van der Waals surface area contributed by atoms with Gasteiger partial charge in [0.15, 0.2) is 11.6 Å². The Morgan fingerprint density at radius 3 is 1.73 bits per heavy atom. The van der Waals surface area contributed by atoms with Crippen LogP contribution in [0.2, 0.25) is 0 Å². The minimum atomic E-state index is -2.69. The first kappa shape index (κ1) is 75.1. The van der Waals surface area contributed by atoms with E-state index in [1.165, 1.54) is 0 Å². The van der Waals surface area contributed by atoms with E-state index in [0.717, 1.165) is 102 Å². The van der Waals surface area contributed by atoms with Gasteiger partial charge in [-0.25, -0.2) is 26.6 Å². The van der Waals surface area contributed by atoms with Crippen molar-refractivity contribution in [1.82, 2.24) is 44.8 Å². The number of fused-ring (bicyclic) bond motifs is 2. The first-order chi connectivity index (χ1) is 46.1. The van der Waals surface area contributed by atoms with Crippen molar-refractivity contribution < 1.29 is 79.0 Å². The molecule has 5 fully saturated rings. The summed E-state index contributed by atoms with van der Waals surface area (Å²) in [6.07, 6.45) is 9.57. The number of ether oxygens (including phenoxy) is 9. The van der Waals surface area contributed by atoms with E-state index in [4.69, 9.17) is 43.3 Å². The summed E-state index contributed by atoms with van der Waals surface area (Å²) in [7, 11) is 0. The molecule has 2 amide bonds. The number of hydrogen-bond acceptors (Lipinski definition) is 19. The minimum absolute atomic E-state index is 0.0467.